The molecule has 1 aliphatic rings. The monoisotopic (exact) mass is 452 g/mol. The zero-order valence-corrected chi connectivity index (χ0v) is 18.9. The van der Waals surface area contributed by atoms with Crippen molar-refractivity contribution in [2.75, 3.05) is 11.9 Å². The number of anilines is 1. The second-order valence-electron chi connectivity index (χ2n) is 8.35. The van der Waals surface area contributed by atoms with Crippen molar-refractivity contribution in [3.8, 4) is 5.75 Å². The third kappa shape index (κ3) is 4.89. The highest BCUT2D eigenvalue weighted by Crippen LogP contribution is 2.42. The van der Waals surface area contributed by atoms with E-state index >= 15 is 0 Å². The minimum Gasteiger partial charge on any atom is -0.425 e. The highest BCUT2D eigenvalue weighted by atomic mass is 32.1. The predicted octanol–water partition coefficient (Wildman–Crippen LogP) is 5.27. The summed E-state index contributed by atoms with van der Waals surface area (Å²) in [5.74, 6) is -0.231. The maximum atomic E-state index is 13.3. The molecule has 6 nitrogen and oxygen atoms in total. The molecule has 7 heteroatoms. The van der Waals surface area contributed by atoms with E-state index in [1.165, 1.54) is 11.3 Å². The average Bonchev–Trinajstić information content (AvgIpc) is 3.50. The van der Waals surface area contributed by atoms with Crippen LogP contribution >= 0.6 is 11.3 Å². The van der Waals surface area contributed by atoms with Crippen LogP contribution in [-0.4, -0.2) is 29.6 Å². The lowest BCUT2D eigenvalue weighted by molar-refractivity contribution is -0.144. The fraction of sp³-hybridized carbons (Fsp3) is 0.320. The Morgan fingerprint density at radius 3 is 2.50 bits per heavy atom. The molecule has 1 fully saturated rings. The summed E-state index contributed by atoms with van der Waals surface area (Å²) >= 11 is 1.39. The topological polar surface area (TPSA) is 77.5 Å². The van der Waals surface area contributed by atoms with Gasteiger partial charge in [0.1, 0.15) is 5.75 Å². The van der Waals surface area contributed by atoms with Crippen molar-refractivity contribution in [1.82, 2.24) is 4.98 Å². The van der Waals surface area contributed by atoms with E-state index in [0.29, 0.717) is 23.9 Å². The number of rotatable bonds is 7. The fourth-order valence-corrected chi connectivity index (χ4v) is 4.54. The Balaban J connectivity index is 0.00000306. The largest absolute Gasteiger partial charge is 0.425 e. The van der Waals surface area contributed by atoms with Gasteiger partial charge in [0, 0.05) is 25.5 Å². The first-order valence-corrected chi connectivity index (χ1v) is 11.5. The minimum atomic E-state index is -0.775. The number of hydrogen-bond donors (Lipinski definition) is 1. The van der Waals surface area contributed by atoms with Gasteiger partial charge in [-0.15, -0.1) is 11.3 Å². The van der Waals surface area contributed by atoms with Gasteiger partial charge in [0.25, 0.3) is 0 Å². The number of aromatic nitrogens is 1. The summed E-state index contributed by atoms with van der Waals surface area (Å²) in [6.07, 6.45) is 2.74. The highest BCUT2D eigenvalue weighted by molar-refractivity contribution is 7.13. The zero-order chi connectivity index (χ0) is 22.6. The van der Waals surface area contributed by atoms with Crippen LogP contribution in [-0.2, 0) is 14.3 Å². The Bertz CT molecular complexity index is 1050. The first-order valence-electron chi connectivity index (χ1n) is 10.6. The van der Waals surface area contributed by atoms with E-state index in [4.69, 9.17) is 9.47 Å². The number of esters is 1. The lowest BCUT2D eigenvalue weighted by Crippen LogP contribution is -2.37. The van der Waals surface area contributed by atoms with Gasteiger partial charge in [-0.3, -0.25) is 4.79 Å². The SMILES string of the molecule is CC(C)(C(=O)Nc1nccs1)[C@H](c1ccccc1)c1ccc(OC(=O)C2CCCO2)cc1.[HH]. The van der Waals surface area contributed by atoms with E-state index in [2.05, 4.69) is 10.3 Å². The Morgan fingerprint density at radius 1 is 1.16 bits per heavy atom. The molecule has 168 valence electrons. The summed E-state index contributed by atoms with van der Waals surface area (Å²) in [4.78, 5) is 29.7. The molecule has 3 aromatic rings. The summed E-state index contributed by atoms with van der Waals surface area (Å²) in [5, 5.41) is 5.34. The van der Waals surface area contributed by atoms with Crippen LogP contribution in [0.5, 0.6) is 5.75 Å². The van der Waals surface area contributed by atoms with Crippen molar-refractivity contribution in [1.29, 1.82) is 0 Å². The fourth-order valence-electron chi connectivity index (χ4n) is 4.02. The number of benzene rings is 2. The van der Waals surface area contributed by atoms with Crippen molar-refractivity contribution < 1.29 is 20.5 Å². The molecule has 4 rings (SSSR count). The Labute approximate surface area is 193 Å². The maximum absolute atomic E-state index is 13.3. The van der Waals surface area contributed by atoms with E-state index in [0.717, 1.165) is 17.5 Å². The van der Waals surface area contributed by atoms with E-state index < -0.39 is 11.5 Å². The molecule has 2 aromatic carbocycles. The van der Waals surface area contributed by atoms with Crippen LogP contribution in [0.2, 0.25) is 0 Å². The number of ether oxygens (including phenoxy) is 2. The lowest BCUT2D eigenvalue weighted by Gasteiger charge is -2.33. The van der Waals surface area contributed by atoms with Gasteiger partial charge in [-0.05, 0) is 36.1 Å². The molecule has 0 spiro atoms. The van der Waals surface area contributed by atoms with Gasteiger partial charge in [-0.1, -0.05) is 56.3 Å². The molecule has 0 saturated carbocycles. The van der Waals surface area contributed by atoms with Gasteiger partial charge in [0.15, 0.2) is 11.2 Å². The third-order valence-corrected chi connectivity index (χ3v) is 6.41. The molecular weight excluding hydrogens is 424 g/mol. The van der Waals surface area contributed by atoms with Gasteiger partial charge in [0.05, 0.1) is 5.41 Å². The molecule has 1 aliphatic heterocycles. The van der Waals surface area contributed by atoms with Crippen molar-refractivity contribution >= 4 is 28.3 Å². The number of carbonyl (C=O) groups excluding carboxylic acids is 2. The van der Waals surface area contributed by atoms with Crippen molar-refractivity contribution in [2.45, 2.75) is 38.7 Å². The number of amides is 1. The summed E-state index contributed by atoms with van der Waals surface area (Å²) < 4.78 is 10.9. The summed E-state index contributed by atoms with van der Waals surface area (Å²) in [5.41, 5.74) is 1.20. The number of carbonyl (C=O) groups is 2. The molecule has 0 aliphatic carbocycles. The van der Waals surface area contributed by atoms with Crippen molar-refractivity contribution in [3.63, 3.8) is 0 Å². The number of nitrogens with zero attached hydrogens (tertiary/aromatic N) is 1. The molecule has 1 saturated heterocycles. The number of thiazole rings is 1. The predicted molar refractivity (Wildman–Crippen MR) is 126 cm³/mol. The first kappa shape index (κ1) is 22.2. The molecule has 2 atom stereocenters. The maximum Gasteiger partial charge on any atom is 0.340 e. The molecule has 2 heterocycles. The normalized spacial score (nSPS) is 17.0. The van der Waals surface area contributed by atoms with E-state index in [1.807, 2.05) is 61.7 Å². The molecular formula is C25H28N2O4S. The van der Waals surface area contributed by atoms with Crippen LogP contribution in [0.4, 0.5) is 5.13 Å². The van der Waals surface area contributed by atoms with Crippen LogP contribution in [0, 0.1) is 5.41 Å². The van der Waals surface area contributed by atoms with E-state index in [1.54, 1.807) is 18.3 Å². The molecule has 32 heavy (non-hydrogen) atoms. The molecule has 1 unspecified atom stereocenters. The molecule has 1 amide bonds. The van der Waals surface area contributed by atoms with Gasteiger partial charge < -0.3 is 14.8 Å². The molecule has 1 aromatic heterocycles. The first-order chi connectivity index (χ1) is 15.4. The van der Waals surface area contributed by atoms with Gasteiger partial charge in [-0.2, -0.15) is 0 Å². The average molecular weight is 453 g/mol. The zero-order valence-electron chi connectivity index (χ0n) is 18.1. The van der Waals surface area contributed by atoms with Crippen molar-refractivity contribution in [3.05, 3.63) is 77.3 Å². The summed E-state index contributed by atoms with van der Waals surface area (Å²) in [6, 6.07) is 17.3. The van der Waals surface area contributed by atoms with Crippen LogP contribution in [0.1, 0.15) is 45.2 Å². The molecule has 0 bridgehead atoms. The Morgan fingerprint density at radius 2 is 1.88 bits per heavy atom. The number of nitrogens with one attached hydrogen (secondary N) is 1. The second kappa shape index (κ2) is 9.63. The number of hydrogen-bond acceptors (Lipinski definition) is 6. The smallest absolute Gasteiger partial charge is 0.340 e. The van der Waals surface area contributed by atoms with Crippen LogP contribution < -0.4 is 10.1 Å². The second-order valence-corrected chi connectivity index (χ2v) is 9.24. The standard InChI is InChI=1S/C25H26N2O4S.H2/c1-25(2,23(29)27-24-26-14-16-32-24)21(17-7-4-3-5-8-17)18-10-12-19(13-11-18)31-22(28)20-9-6-15-30-20;/h3-5,7-8,10-14,16,20-21H,6,9,15H2,1-2H3,(H,26,27,29);1H/t20?,21-;/m1./s1. The highest BCUT2D eigenvalue weighted by Gasteiger charge is 2.39. The minimum absolute atomic E-state index is 0. The third-order valence-electron chi connectivity index (χ3n) is 5.72. The van der Waals surface area contributed by atoms with E-state index in [-0.39, 0.29) is 19.2 Å². The van der Waals surface area contributed by atoms with Gasteiger partial charge in [-0.25, -0.2) is 9.78 Å². The van der Waals surface area contributed by atoms with E-state index in [9.17, 15) is 9.59 Å². The lowest BCUT2D eigenvalue weighted by atomic mass is 9.70. The van der Waals surface area contributed by atoms with Crippen LogP contribution in [0.25, 0.3) is 0 Å². The van der Waals surface area contributed by atoms with Crippen molar-refractivity contribution in [2.24, 2.45) is 5.41 Å². The molecule has 1 N–H and O–H groups in total. The summed E-state index contributed by atoms with van der Waals surface area (Å²) in [6.45, 7) is 4.45. The Hall–Kier alpha value is -3.03. The van der Waals surface area contributed by atoms with Gasteiger partial charge >= 0.3 is 5.97 Å². The summed E-state index contributed by atoms with van der Waals surface area (Å²) in [7, 11) is 0. The Kier molecular flexibility index (Phi) is 6.67. The quantitative estimate of drug-likeness (QED) is 0.390. The molecule has 0 radical (unpaired) electrons. The van der Waals surface area contributed by atoms with Gasteiger partial charge in [0.2, 0.25) is 5.91 Å². The van der Waals surface area contributed by atoms with Crippen LogP contribution in [0.15, 0.2) is 66.2 Å². The van der Waals surface area contributed by atoms with Crippen LogP contribution in [0.3, 0.4) is 0 Å².